The molecular formula is C24H38O10. The molecule has 0 fully saturated rings. The fourth-order valence-corrected chi connectivity index (χ4v) is 2.37. The van der Waals surface area contributed by atoms with Gasteiger partial charge in [0.25, 0.3) is 0 Å². The van der Waals surface area contributed by atoms with E-state index in [-0.39, 0.29) is 66.1 Å². The van der Waals surface area contributed by atoms with E-state index in [0.29, 0.717) is 16.7 Å². The highest BCUT2D eigenvalue weighted by Crippen LogP contribution is 2.20. The van der Waals surface area contributed by atoms with Gasteiger partial charge in [0.2, 0.25) is 0 Å². The standard InChI is InChI=1S/C24H38O10/c1-18(2)21(25)32-11-8-29-15-24(14-28-7,16-30-9-12-33-22(26)19(3)4)17-31-10-13-34-23(27)20(5)6/h1,3,5,8-17H2,2,4,6-7H3. The summed E-state index contributed by atoms with van der Waals surface area (Å²) >= 11 is 0. The molecule has 0 radical (unpaired) electrons. The van der Waals surface area contributed by atoms with Crippen LogP contribution in [0, 0.1) is 5.41 Å². The van der Waals surface area contributed by atoms with E-state index in [1.165, 1.54) is 7.11 Å². The van der Waals surface area contributed by atoms with Gasteiger partial charge in [0.1, 0.15) is 19.8 Å². The van der Waals surface area contributed by atoms with Crippen LogP contribution in [-0.4, -0.2) is 91.1 Å². The Balaban J connectivity index is 4.79. The predicted molar refractivity (Wildman–Crippen MR) is 124 cm³/mol. The van der Waals surface area contributed by atoms with Gasteiger partial charge in [-0.3, -0.25) is 0 Å². The van der Waals surface area contributed by atoms with Crippen LogP contribution in [0.5, 0.6) is 0 Å². The monoisotopic (exact) mass is 486 g/mol. The normalized spacial score (nSPS) is 10.9. The molecule has 0 N–H and O–H groups in total. The Morgan fingerprint density at radius 3 is 1.09 bits per heavy atom. The molecule has 0 aliphatic heterocycles. The van der Waals surface area contributed by atoms with Crippen molar-refractivity contribution in [3.63, 3.8) is 0 Å². The predicted octanol–water partition coefficient (Wildman–Crippen LogP) is 2.03. The van der Waals surface area contributed by atoms with E-state index < -0.39 is 23.3 Å². The minimum atomic E-state index is -0.718. The molecule has 0 saturated heterocycles. The van der Waals surface area contributed by atoms with E-state index >= 15 is 0 Å². The SMILES string of the molecule is C=C(C)C(=O)OCCOCC(COC)(COCCOC(=O)C(=C)C)COCCOC(=O)C(=C)C. The molecule has 0 aromatic heterocycles. The van der Waals surface area contributed by atoms with Gasteiger partial charge in [-0.2, -0.15) is 0 Å². The van der Waals surface area contributed by atoms with Crippen molar-refractivity contribution < 1.29 is 47.5 Å². The van der Waals surface area contributed by atoms with Crippen LogP contribution in [0.25, 0.3) is 0 Å². The fourth-order valence-electron chi connectivity index (χ4n) is 2.37. The number of hydrogen-bond donors (Lipinski definition) is 0. The van der Waals surface area contributed by atoms with Gasteiger partial charge in [0.15, 0.2) is 0 Å². The van der Waals surface area contributed by atoms with Crippen molar-refractivity contribution >= 4 is 17.9 Å². The zero-order chi connectivity index (χ0) is 26.0. The third-order valence-corrected chi connectivity index (χ3v) is 4.10. The Hall–Kier alpha value is -2.53. The number of hydrogen-bond acceptors (Lipinski definition) is 10. The number of esters is 3. The van der Waals surface area contributed by atoms with Gasteiger partial charge in [-0.25, -0.2) is 14.4 Å². The highest BCUT2D eigenvalue weighted by molar-refractivity contribution is 5.87. The van der Waals surface area contributed by atoms with Crippen molar-refractivity contribution in [2.75, 3.05) is 73.2 Å². The Morgan fingerprint density at radius 1 is 0.559 bits per heavy atom. The summed E-state index contributed by atoms with van der Waals surface area (Å²) in [4.78, 5) is 34.4. The molecule has 34 heavy (non-hydrogen) atoms. The zero-order valence-electron chi connectivity index (χ0n) is 20.8. The first kappa shape index (κ1) is 31.5. The maximum absolute atomic E-state index is 11.5. The summed E-state index contributed by atoms with van der Waals surface area (Å²) in [6, 6.07) is 0. The van der Waals surface area contributed by atoms with E-state index in [1.54, 1.807) is 20.8 Å². The van der Waals surface area contributed by atoms with Gasteiger partial charge in [-0.05, 0) is 20.8 Å². The molecule has 0 aliphatic carbocycles. The van der Waals surface area contributed by atoms with Crippen LogP contribution >= 0.6 is 0 Å². The van der Waals surface area contributed by atoms with E-state index in [9.17, 15) is 14.4 Å². The lowest BCUT2D eigenvalue weighted by Crippen LogP contribution is -2.42. The van der Waals surface area contributed by atoms with E-state index in [0.717, 1.165) is 0 Å². The Bertz CT molecular complexity index is 610. The summed E-state index contributed by atoms with van der Waals surface area (Å²) in [6.07, 6.45) is 0. The molecule has 0 spiro atoms. The Labute approximate surface area is 201 Å². The summed E-state index contributed by atoms with van der Waals surface area (Å²) in [7, 11) is 1.53. The lowest BCUT2D eigenvalue weighted by Gasteiger charge is -2.32. The minimum Gasteiger partial charge on any atom is -0.460 e. The first-order valence-corrected chi connectivity index (χ1v) is 10.7. The van der Waals surface area contributed by atoms with Crippen LogP contribution < -0.4 is 0 Å². The van der Waals surface area contributed by atoms with Crippen LogP contribution in [0.2, 0.25) is 0 Å². The molecule has 0 aromatic carbocycles. The molecule has 0 aliphatic rings. The van der Waals surface area contributed by atoms with Gasteiger partial charge >= 0.3 is 17.9 Å². The molecule has 0 amide bonds. The minimum absolute atomic E-state index is 0.0597. The van der Waals surface area contributed by atoms with Crippen molar-refractivity contribution in [1.82, 2.24) is 0 Å². The van der Waals surface area contributed by atoms with Crippen LogP contribution in [0.15, 0.2) is 36.5 Å². The Kier molecular flexibility index (Phi) is 16.6. The van der Waals surface area contributed by atoms with Gasteiger partial charge in [0, 0.05) is 23.8 Å². The third kappa shape index (κ3) is 14.6. The van der Waals surface area contributed by atoms with Crippen LogP contribution in [0.1, 0.15) is 20.8 Å². The largest absolute Gasteiger partial charge is 0.460 e. The molecule has 0 unspecified atom stereocenters. The molecule has 194 valence electrons. The number of ether oxygens (including phenoxy) is 7. The summed E-state index contributed by atoms with van der Waals surface area (Å²) in [5, 5.41) is 0. The maximum atomic E-state index is 11.5. The first-order valence-electron chi connectivity index (χ1n) is 10.7. The van der Waals surface area contributed by atoms with Crippen molar-refractivity contribution in [1.29, 1.82) is 0 Å². The van der Waals surface area contributed by atoms with Crippen LogP contribution in [-0.2, 0) is 47.5 Å². The first-order chi connectivity index (χ1) is 16.0. The number of rotatable bonds is 20. The quantitative estimate of drug-likeness (QED) is 0.110. The lowest BCUT2D eigenvalue weighted by molar-refractivity contribution is -0.145. The third-order valence-electron chi connectivity index (χ3n) is 4.10. The van der Waals surface area contributed by atoms with Crippen molar-refractivity contribution in [3.8, 4) is 0 Å². The number of carbonyl (C=O) groups excluding carboxylic acids is 3. The molecular weight excluding hydrogens is 448 g/mol. The summed E-state index contributed by atoms with van der Waals surface area (Å²) in [6.45, 7) is 16.6. The molecule has 10 nitrogen and oxygen atoms in total. The lowest BCUT2D eigenvalue weighted by atomic mass is 9.92. The summed E-state index contributed by atoms with van der Waals surface area (Å²) < 4.78 is 37.5. The van der Waals surface area contributed by atoms with E-state index in [2.05, 4.69) is 19.7 Å². The zero-order valence-corrected chi connectivity index (χ0v) is 20.8. The Morgan fingerprint density at radius 2 is 0.853 bits per heavy atom. The molecule has 0 aromatic rings. The molecule has 10 heteroatoms. The highest BCUT2D eigenvalue weighted by atomic mass is 16.6. The van der Waals surface area contributed by atoms with E-state index in [4.69, 9.17) is 33.2 Å². The number of carbonyl (C=O) groups is 3. The van der Waals surface area contributed by atoms with E-state index in [1.807, 2.05) is 0 Å². The second-order valence-electron chi connectivity index (χ2n) is 7.84. The van der Waals surface area contributed by atoms with Gasteiger partial charge in [-0.15, -0.1) is 0 Å². The second kappa shape index (κ2) is 17.9. The van der Waals surface area contributed by atoms with Gasteiger partial charge in [-0.1, -0.05) is 19.7 Å². The fraction of sp³-hybridized carbons (Fsp3) is 0.625. The molecule has 0 bridgehead atoms. The smallest absolute Gasteiger partial charge is 0.333 e. The average Bonchev–Trinajstić information content (AvgIpc) is 2.77. The van der Waals surface area contributed by atoms with Crippen molar-refractivity contribution in [2.45, 2.75) is 20.8 Å². The summed E-state index contributed by atoms with van der Waals surface area (Å²) in [5.74, 6) is -1.48. The molecule has 0 rings (SSSR count). The van der Waals surface area contributed by atoms with Crippen molar-refractivity contribution in [3.05, 3.63) is 36.5 Å². The topological polar surface area (TPSA) is 116 Å². The summed E-state index contributed by atoms with van der Waals surface area (Å²) in [5.41, 5.74) is 0.185. The van der Waals surface area contributed by atoms with Crippen LogP contribution in [0.4, 0.5) is 0 Å². The average molecular weight is 487 g/mol. The molecule has 0 saturated carbocycles. The van der Waals surface area contributed by atoms with Crippen LogP contribution in [0.3, 0.4) is 0 Å². The van der Waals surface area contributed by atoms with Gasteiger partial charge < -0.3 is 33.2 Å². The van der Waals surface area contributed by atoms with Gasteiger partial charge in [0.05, 0.1) is 51.7 Å². The number of methoxy groups -OCH3 is 1. The second-order valence-corrected chi connectivity index (χ2v) is 7.84. The van der Waals surface area contributed by atoms with Crippen molar-refractivity contribution in [2.24, 2.45) is 5.41 Å². The highest BCUT2D eigenvalue weighted by Gasteiger charge is 2.32. The molecule has 0 heterocycles. The molecule has 0 atom stereocenters. The maximum Gasteiger partial charge on any atom is 0.333 e.